The van der Waals surface area contributed by atoms with Crippen molar-refractivity contribution in [2.24, 2.45) is 11.8 Å². The van der Waals surface area contributed by atoms with Gasteiger partial charge >= 0.3 is 5.97 Å². The Morgan fingerprint density at radius 2 is 1.84 bits per heavy atom. The molecule has 1 fully saturated rings. The lowest BCUT2D eigenvalue weighted by Crippen LogP contribution is -2.24. The van der Waals surface area contributed by atoms with Crippen molar-refractivity contribution in [2.45, 2.75) is 45.1 Å². The molecule has 0 aliphatic heterocycles. The summed E-state index contributed by atoms with van der Waals surface area (Å²) in [6.45, 7) is 4.17. The number of rotatable bonds is 6. The van der Waals surface area contributed by atoms with Gasteiger partial charge in [0.1, 0.15) is 0 Å². The Hall–Kier alpha value is -1.35. The average Bonchev–Trinajstić information content (AvgIpc) is 3.08. The fourth-order valence-corrected chi connectivity index (χ4v) is 3.64. The first kappa shape index (κ1) is 14.1. The molecule has 0 radical (unpaired) electrons. The molecule has 0 bridgehead atoms. The van der Waals surface area contributed by atoms with Crippen LogP contribution in [0.15, 0.2) is 24.3 Å². The van der Waals surface area contributed by atoms with E-state index in [0.717, 1.165) is 30.4 Å². The van der Waals surface area contributed by atoms with Crippen molar-refractivity contribution < 1.29 is 15.0 Å². The molecule has 1 aromatic carbocycles. The summed E-state index contributed by atoms with van der Waals surface area (Å²) < 4.78 is 0. The van der Waals surface area contributed by atoms with Crippen LogP contribution in [0.4, 0.5) is 0 Å². The number of carbonyl (C=O) groups is 1. The van der Waals surface area contributed by atoms with Crippen LogP contribution in [0.25, 0.3) is 0 Å². The number of carboxylic acid groups (broad SMARTS) is 1. The van der Waals surface area contributed by atoms with Gasteiger partial charge in [-0.25, -0.2) is 0 Å². The third kappa shape index (κ3) is 2.06. The Morgan fingerprint density at radius 1 is 1.21 bits per heavy atom. The van der Waals surface area contributed by atoms with Crippen molar-refractivity contribution in [3.05, 3.63) is 35.4 Å². The largest absolute Gasteiger partial charge is 0.481 e. The molecule has 1 aliphatic carbocycles. The highest BCUT2D eigenvalue weighted by molar-refractivity contribution is 5.86. The summed E-state index contributed by atoms with van der Waals surface area (Å²) in [4.78, 5) is 11.8. The van der Waals surface area contributed by atoms with Gasteiger partial charge < -0.3 is 10.2 Å². The molecule has 1 aliphatic rings. The van der Waals surface area contributed by atoms with E-state index in [0.29, 0.717) is 0 Å². The van der Waals surface area contributed by atoms with E-state index in [1.165, 1.54) is 0 Å². The van der Waals surface area contributed by atoms with E-state index in [2.05, 4.69) is 13.8 Å². The monoisotopic (exact) mass is 262 g/mol. The number of carboxylic acids is 1. The van der Waals surface area contributed by atoms with Crippen molar-refractivity contribution in [3.8, 4) is 0 Å². The molecule has 0 spiro atoms. The Balaban J connectivity index is 2.37. The SMILES string of the molecule is CCCC1C(CC)C1(C(=O)O)c1ccc(CO)cc1. The van der Waals surface area contributed by atoms with E-state index in [4.69, 9.17) is 5.11 Å². The van der Waals surface area contributed by atoms with Gasteiger partial charge in [0, 0.05) is 0 Å². The van der Waals surface area contributed by atoms with Gasteiger partial charge in [0.2, 0.25) is 0 Å². The number of aliphatic carboxylic acids is 1. The van der Waals surface area contributed by atoms with Gasteiger partial charge in [0.25, 0.3) is 0 Å². The lowest BCUT2D eigenvalue weighted by atomic mass is 9.89. The normalized spacial score (nSPS) is 29.2. The first-order chi connectivity index (χ1) is 9.12. The molecule has 0 saturated heterocycles. The summed E-state index contributed by atoms with van der Waals surface area (Å²) in [5.74, 6) is -0.209. The van der Waals surface area contributed by atoms with Gasteiger partial charge in [0.05, 0.1) is 12.0 Å². The second-order valence-corrected chi connectivity index (χ2v) is 5.44. The molecule has 3 heteroatoms. The molecule has 3 nitrogen and oxygen atoms in total. The first-order valence-corrected chi connectivity index (χ1v) is 7.06. The summed E-state index contributed by atoms with van der Waals surface area (Å²) in [5.41, 5.74) is 1.02. The molecule has 3 unspecified atom stereocenters. The molecule has 2 N–H and O–H groups in total. The van der Waals surface area contributed by atoms with Crippen LogP contribution in [0.1, 0.15) is 44.2 Å². The molecular formula is C16H22O3. The number of hydrogen-bond donors (Lipinski definition) is 2. The van der Waals surface area contributed by atoms with Crippen molar-refractivity contribution in [3.63, 3.8) is 0 Å². The van der Waals surface area contributed by atoms with Gasteiger partial charge in [-0.1, -0.05) is 51.0 Å². The van der Waals surface area contributed by atoms with Crippen LogP contribution in [0.2, 0.25) is 0 Å². The lowest BCUT2D eigenvalue weighted by molar-refractivity contribution is -0.141. The fourth-order valence-electron chi connectivity index (χ4n) is 3.64. The molecule has 0 aromatic heterocycles. The van der Waals surface area contributed by atoms with Gasteiger partial charge in [0.15, 0.2) is 0 Å². The quantitative estimate of drug-likeness (QED) is 0.828. The van der Waals surface area contributed by atoms with Crippen LogP contribution in [-0.2, 0) is 16.8 Å². The third-order valence-corrected chi connectivity index (χ3v) is 4.55. The maximum Gasteiger partial charge on any atom is 0.314 e. The predicted octanol–water partition coefficient (Wildman–Crippen LogP) is 2.96. The van der Waals surface area contributed by atoms with Gasteiger partial charge in [-0.3, -0.25) is 4.79 Å². The molecule has 2 rings (SSSR count). The molecule has 19 heavy (non-hydrogen) atoms. The summed E-state index contributed by atoms with van der Waals surface area (Å²) >= 11 is 0. The number of benzene rings is 1. The Morgan fingerprint density at radius 3 is 2.26 bits per heavy atom. The molecule has 0 amide bonds. The first-order valence-electron chi connectivity index (χ1n) is 7.06. The third-order valence-electron chi connectivity index (χ3n) is 4.55. The minimum Gasteiger partial charge on any atom is -0.481 e. The average molecular weight is 262 g/mol. The Bertz CT molecular complexity index is 452. The molecule has 1 saturated carbocycles. The Kier molecular flexibility index (Phi) is 3.95. The molecule has 0 heterocycles. The van der Waals surface area contributed by atoms with Crippen LogP contribution in [0.3, 0.4) is 0 Å². The van der Waals surface area contributed by atoms with Crippen LogP contribution >= 0.6 is 0 Å². The zero-order valence-electron chi connectivity index (χ0n) is 11.6. The number of aliphatic hydroxyl groups excluding tert-OH is 1. The highest BCUT2D eigenvalue weighted by Crippen LogP contribution is 2.63. The second kappa shape index (κ2) is 5.33. The minimum atomic E-state index is -0.699. The molecule has 3 atom stereocenters. The maximum absolute atomic E-state index is 11.8. The summed E-state index contributed by atoms with van der Waals surface area (Å²) in [6, 6.07) is 7.40. The van der Waals surface area contributed by atoms with E-state index < -0.39 is 11.4 Å². The van der Waals surface area contributed by atoms with E-state index in [-0.39, 0.29) is 18.4 Å². The number of aliphatic hydroxyl groups is 1. The topological polar surface area (TPSA) is 57.5 Å². The fraction of sp³-hybridized carbons (Fsp3) is 0.562. The maximum atomic E-state index is 11.8. The summed E-state index contributed by atoms with van der Waals surface area (Å²) in [6.07, 6.45) is 2.89. The van der Waals surface area contributed by atoms with Crippen molar-refractivity contribution in [1.82, 2.24) is 0 Å². The van der Waals surface area contributed by atoms with Crippen molar-refractivity contribution in [2.75, 3.05) is 0 Å². The molecular weight excluding hydrogens is 240 g/mol. The van der Waals surface area contributed by atoms with E-state index in [1.807, 2.05) is 24.3 Å². The van der Waals surface area contributed by atoms with Gasteiger partial charge in [-0.05, 0) is 29.4 Å². The lowest BCUT2D eigenvalue weighted by Gasteiger charge is -2.14. The minimum absolute atomic E-state index is 0.00402. The number of hydrogen-bond acceptors (Lipinski definition) is 2. The standard InChI is InChI=1S/C16H22O3/c1-3-5-14-13(4-2)16(14,15(18)19)12-8-6-11(10-17)7-9-12/h6-9,13-14,17H,3-5,10H2,1-2H3,(H,18,19). The van der Waals surface area contributed by atoms with Crippen LogP contribution in [-0.4, -0.2) is 16.2 Å². The van der Waals surface area contributed by atoms with Crippen LogP contribution in [0, 0.1) is 11.8 Å². The smallest absolute Gasteiger partial charge is 0.314 e. The van der Waals surface area contributed by atoms with Crippen LogP contribution in [0.5, 0.6) is 0 Å². The second-order valence-electron chi connectivity index (χ2n) is 5.44. The van der Waals surface area contributed by atoms with Crippen molar-refractivity contribution >= 4 is 5.97 Å². The van der Waals surface area contributed by atoms with E-state index in [9.17, 15) is 9.90 Å². The van der Waals surface area contributed by atoms with Crippen LogP contribution < -0.4 is 0 Å². The zero-order valence-corrected chi connectivity index (χ0v) is 11.6. The van der Waals surface area contributed by atoms with Gasteiger partial charge in [-0.2, -0.15) is 0 Å². The predicted molar refractivity (Wildman–Crippen MR) is 73.9 cm³/mol. The zero-order chi connectivity index (χ0) is 14.0. The van der Waals surface area contributed by atoms with Crippen molar-refractivity contribution in [1.29, 1.82) is 0 Å². The van der Waals surface area contributed by atoms with E-state index in [1.54, 1.807) is 0 Å². The molecule has 104 valence electrons. The highest BCUT2D eigenvalue weighted by atomic mass is 16.4. The Labute approximate surface area is 114 Å². The summed E-state index contributed by atoms with van der Waals surface area (Å²) in [7, 11) is 0. The summed E-state index contributed by atoms with van der Waals surface area (Å²) in [5, 5.41) is 18.8. The highest BCUT2D eigenvalue weighted by Gasteiger charge is 2.68. The van der Waals surface area contributed by atoms with E-state index >= 15 is 0 Å². The van der Waals surface area contributed by atoms with Gasteiger partial charge in [-0.15, -0.1) is 0 Å². The molecule has 1 aromatic rings.